The second-order valence-corrected chi connectivity index (χ2v) is 3.87. The second kappa shape index (κ2) is 4.90. The molecule has 82 valence electrons. The number of hydrogen-bond acceptors (Lipinski definition) is 2. The zero-order chi connectivity index (χ0) is 11.4. The highest BCUT2D eigenvalue weighted by Crippen LogP contribution is 2.23. The molecule has 1 aromatic carbocycles. The van der Waals surface area contributed by atoms with Gasteiger partial charge in [-0.05, 0) is 30.8 Å². The second-order valence-electron chi connectivity index (χ2n) is 3.87. The molecule has 0 radical (unpaired) electrons. The molecular formula is C14H16N2. The van der Waals surface area contributed by atoms with Gasteiger partial charge in [-0.15, -0.1) is 0 Å². The molecule has 2 N–H and O–H groups in total. The molecule has 0 bridgehead atoms. The molecule has 1 heterocycles. The minimum Gasteiger partial charge on any atom is -0.330 e. The van der Waals surface area contributed by atoms with Gasteiger partial charge in [0.15, 0.2) is 0 Å². The van der Waals surface area contributed by atoms with Crippen LogP contribution in [0.3, 0.4) is 0 Å². The summed E-state index contributed by atoms with van der Waals surface area (Å²) in [5, 5.41) is 2.43. The van der Waals surface area contributed by atoms with E-state index in [9.17, 15) is 0 Å². The molecule has 0 aliphatic carbocycles. The van der Waals surface area contributed by atoms with E-state index in [1.165, 1.54) is 21.9 Å². The van der Waals surface area contributed by atoms with E-state index in [1.54, 1.807) is 0 Å². The van der Waals surface area contributed by atoms with Crippen molar-refractivity contribution in [1.82, 2.24) is 4.98 Å². The van der Waals surface area contributed by atoms with Crippen LogP contribution >= 0.6 is 0 Å². The van der Waals surface area contributed by atoms with Crippen LogP contribution in [0.5, 0.6) is 0 Å². The van der Waals surface area contributed by atoms with Gasteiger partial charge >= 0.3 is 0 Å². The highest BCUT2D eigenvalue weighted by Gasteiger charge is 2.01. The van der Waals surface area contributed by atoms with Crippen LogP contribution in [-0.2, 0) is 0 Å². The number of allylic oxidation sites excluding steroid dienone is 1. The van der Waals surface area contributed by atoms with Crippen molar-refractivity contribution in [3.05, 3.63) is 48.3 Å². The molecule has 2 nitrogen and oxygen atoms in total. The van der Waals surface area contributed by atoms with E-state index < -0.39 is 0 Å². The van der Waals surface area contributed by atoms with E-state index in [4.69, 9.17) is 5.73 Å². The molecule has 1 aromatic heterocycles. The van der Waals surface area contributed by atoms with Gasteiger partial charge in [0.25, 0.3) is 0 Å². The predicted molar refractivity (Wildman–Crippen MR) is 69.1 cm³/mol. The summed E-state index contributed by atoms with van der Waals surface area (Å²) in [5.74, 6) is 0. The standard InChI is InChI=1S/C14H16N2/c1-11(5-4-8-15)14-10-16-9-12-6-2-3-7-13(12)14/h2-3,5-7,9-10H,4,8,15H2,1H3. The molecule has 0 fully saturated rings. The number of fused-ring (bicyclic) bond motifs is 1. The molecule has 2 heteroatoms. The Morgan fingerprint density at radius 3 is 2.94 bits per heavy atom. The van der Waals surface area contributed by atoms with Crippen LogP contribution in [0, 0.1) is 0 Å². The number of benzene rings is 1. The van der Waals surface area contributed by atoms with Gasteiger partial charge in [-0.25, -0.2) is 0 Å². The molecule has 0 saturated heterocycles. The van der Waals surface area contributed by atoms with E-state index in [-0.39, 0.29) is 0 Å². The van der Waals surface area contributed by atoms with Gasteiger partial charge in [0.1, 0.15) is 0 Å². The summed E-state index contributed by atoms with van der Waals surface area (Å²) >= 11 is 0. The number of rotatable bonds is 3. The van der Waals surface area contributed by atoms with Gasteiger partial charge in [0.2, 0.25) is 0 Å². The van der Waals surface area contributed by atoms with E-state index in [2.05, 4.69) is 36.2 Å². The van der Waals surface area contributed by atoms with Crippen LogP contribution in [0.4, 0.5) is 0 Å². The SMILES string of the molecule is CC(=CCCN)c1cncc2ccccc12. The van der Waals surface area contributed by atoms with E-state index in [0.29, 0.717) is 6.54 Å². The third-order valence-corrected chi connectivity index (χ3v) is 2.71. The van der Waals surface area contributed by atoms with Crippen molar-refractivity contribution in [3.8, 4) is 0 Å². The van der Waals surface area contributed by atoms with Crippen molar-refractivity contribution in [1.29, 1.82) is 0 Å². The minimum atomic E-state index is 0.690. The van der Waals surface area contributed by atoms with Crippen LogP contribution < -0.4 is 5.73 Å². The number of nitrogens with zero attached hydrogens (tertiary/aromatic N) is 1. The Morgan fingerprint density at radius 2 is 2.12 bits per heavy atom. The van der Waals surface area contributed by atoms with Crippen LogP contribution in [0.1, 0.15) is 18.9 Å². The minimum absolute atomic E-state index is 0.690. The molecule has 0 spiro atoms. The zero-order valence-electron chi connectivity index (χ0n) is 9.48. The Morgan fingerprint density at radius 1 is 1.31 bits per heavy atom. The normalized spacial score (nSPS) is 12.0. The fourth-order valence-electron chi connectivity index (χ4n) is 1.84. The van der Waals surface area contributed by atoms with Gasteiger partial charge in [0.05, 0.1) is 0 Å². The fraction of sp³-hybridized carbons (Fsp3) is 0.214. The Labute approximate surface area is 95.8 Å². The maximum atomic E-state index is 5.51. The summed E-state index contributed by atoms with van der Waals surface area (Å²) < 4.78 is 0. The first-order valence-corrected chi connectivity index (χ1v) is 5.53. The smallest absolute Gasteiger partial charge is 0.0349 e. The molecule has 0 unspecified atom stereocenters. The van der Waals surface area contributed by atoms with Crippen LogP contribution in [0.25, 0.3) is 16.3 Å². The molecule has 0 atom stereocenters. The van der Waals surface area contributed by atoms with Crippen LogP contribution in [0.15, 0.2) is 42.7 Å². The summed E-state index contributed by atoms with van der Waals surface area (Å²) in [7, 11) is 0. The Bertz CT molecular complexity index is 510. The third kappa shape index (κ3) is 2.12. The molecule has 0 amide bonds. The summed E-state index contributed by atoms with van der Waals surface area (Å²) in [5.41, 5.74) is 7.95. The molecule has 16 heavy (non-hydrogen) atoms. The average Bonchev–Trinajstić information content (AvgIpc) is 2.35. The van der Waals surface area contributed by atoms with Gasteiger partial charge < -0.3 is 5.73 Å². The van der Waals surface area contributed by atoms with E-state index in [0.717, 1.165) is 6.42 Å². The van der Waals surface area contributed by atoms with Gasteiger partial charge in [-0.2, -0.15) is 0 Å². The van der Waals surface area contributed by atoms with Crippen molar-refractivity contribution in [2.75, 3.05) is 6.54 Å². The van der Waals surface area contributed by atoms with Crippen molar-refractivity contribution < 1.29 is 0 Å². The lowest BCUT2D eigenvalue weighted by Gasteiger charge is -2.06. The molecule has 0 saturated carbocycles. The van der Waals surface area contributed by atoms with Gasteiger partial charge in [-0.3, -0.25) is 4.98 Å². The van der Waals surface area contributed by atoms with Crippen molar-refractivity contribution >= 4 is 16.3 Å². The van der Waals surface area contributed by atoms with Gasteiger partial charge in [-0.1, -0.05) is 30.3 Å². The lowest BCUT2D eigenvalue weighted by Crippen LogP contribution is -1.96. The first kappa shape index (κ1) is 10.8. The zero-order valence-corrected chi connectivity index (χ0v) is 9.48. The van der Waals surface area contributed by atoms with Crippen molar-refractivity contribution in [3.63, 3.8) is 0 Å². The van der Waals surface area contributed by atoms with E-state index in [1.807, 2.05) is 18.5 Å². The molecule has 0 aliphatic rings. The lowest BCUT2D eigenvalue weighted by molar-refractivity contribution is 1.01. The topological polar surface area (TPSA) is 38.9 Å². The summed E-state index contributed by atoms with van der Waals surface area (Å²) in [6.07, 6.45) is 6.90. The van der Waals surface area contributed by atoms with Crippen molar-refractivity contribution in [2.24, 2.45) is 5.73 Å². The number of pyridine rings is 1. The Kier molecular flexibility index (Phi) is 3.32. The third-order valence-electron chi connectivity index (χ3n) is 2.71. The Balaban J connectivity index is 2.52. The number of aromatic nitrogens is 1. The summed E-state index contributed by atoms with van der Waals surface area (Å²) in [6, 6.07) is 8.31. The molecule has 0 aliphatic heterocycles. The van der Waals surface area contributed by atoms with Crippen LogP contribution in [-0.4, -0.2) is 11.5 Å². The lowest BCUT2D eigenvalue weighted by atomic mass is 10.0. The monoisotopic (exact) mass is 212 g/mol. The predicted octanol–water partition coefficient (Wildman–Crippen LogP) is 2.99. The van der Waals surface area contributed by atoms with Gasteiger partial charge in [0, 0.05) is 23.3 Å². The summed E-state index contributed by atoms with van der Waals surface area (Å²) in [4.78, 5) is 4.27. The highest BCUT2D eigenvalue weighted by atomic mass is 14.6. The van der Waals surface area contributed by atoms with Crippen LogP contribution in [0.2, 0.25) is 0 Å². The molecule has 2 rings (SSSR count). The largest absolute Gasteiger partial charge is 0.330 e. The number of nitrogens with two attached hydrogens (primary N) is 1. The Hall–Kier alpha value is -1.67. The highest BCUT2D eigenvalue weighted by molar-refractivity contribution is 5.92. The quantitative estimate of drug-likeness (QED) is 0.849. The molecule has 2 aromatic rings. The maximum absolute atomic E-state index is 5.51. The fourth-order valence-corrected chi connectivity index (χ4v) is 1.84. The first-order valence-electron chi connectivity index (χ1n) is 5.53. The first-order chi connectivity index (χ1) is 7.83. The number of hydrogen-bond donors (Lipinski definition) is 1. The van der Waals surface area contributed by atoms with E-state index >= 15 is 0 Å². The molecular weight excluding hydrogens is 196 g/mol. The average molecular weight is 212 g/mol. The van der Waals surface area contributed by atoms with Crippen molar-refractivity contribution in [2.45, 2.75) is 13.3 Å². The maximum Gasteiger partial charge on any atom is 0.0349 e. The summed E-state index contributed by atoms with van der Waals surface area (Å²) in [6.45, 7) is 2.80.